The number of nitriles is 1. The fraction of sp³-hybridized carbons (Fsp3) is 0.538. The standard InChI is InChI=1S/C26H36N2O2/c1-9-30-24(29)23-21(15-26(6,7)8)28-20(14-25(3,4)5)19(16-27)22(23)18-12-10-17(2)11-13-18/h10-13,22,28H,9,14-15H2,1-8H3. The van der Waals surface area contributed by atoms with Crippen LogP contribution in [0.2, 0.25) is 0 Å². The van der Waals surface area contributed by atoms with Crippen molar-refractivity contribution < 1.29 is 9.53 Å². The number of nitrogens with one attached hydrogen (secondary N) is 1. The Labute approximate surface area is 182 Å². The van der Waals surface area contributed by atoms with Gasteiger partial charge in [-0.15, -0.1) is 0 Å². The zero-order valence-electron chi connectivity index (χ0n) is 19.8. The van der Waals surface area contributed by atoms with Crippen molar-refractivity contribution >= 4 is 5.97 Å². The summed E-state index contributed by atoms with van der Waals surface area (Å²) < 4.78 is 5.46. The average Bonchev–Trinajstić information content (AvgIpc) is 2.59. The fourth-order valence-corrected chi connectivity index (χ4v) is 3.82. The van der Waals surface area contributed by atoms with Crippen molar-refractivity contribution in [1.29, 1.82) is 5.26 Å². The first-order chi connectivity index (χ1) is 13.9. The summed E-state index contributed by atoms with van der Waals surface area (Å²) >= 11 is 0. The summed E-state index contributed by atoms with van der Waals surface area (Å²) in [6.45, 7) is 17.1. The van der Waals surface area contributed by atoms with Crippen LogP contribution in [0.15, 0.2) is 46.8 Å². The maximum absolute atomic E-state index is 13.1. The predicted molar refractivity (Wildman–Crippen MR) is 121 cm³/mol. The lowest BCUT2D eigenvalue weighted by atomic mass is 9.75. The summed E-state index contributed by atoms with van der Waals surface area (Å²) in [5.41, 5.74) is 4.99. The number of carbonyl (C=O) groups is 1. The Morgan fingerprint density at radius 2 is 1.57 bits per heavy atom. The van der Waals surface area contributed by atoms with Gasteiger partial charge < -0.3 is 10.1 Å². The van der Waals surface area contributed by atoms with Crippen LogP contribution in [0.25, 0.3) is 0 Å². The van der Waals surface area contributed by atoms with E-state index in [4.69, 9.17) is 4.74 Å². The maximum Gasteiger partial charge on any atom is 0.336 e. The molecular weight excluding hydrogens is 372 g/mol. The van der Waals surface area contributed by atoms with E-state index < -0.39 is 5.92 Å². The summed E-state index contributed by atoms with van der Waals surface area (Å²) in [4.78, 5) is 13.1. The first kappa shape index (κ1) is 23.7. The molecule has 30 heavy (non-hydrogen) atoms. The van der Waals surface area contributed by atoms with Crippen LogP contribution in [-0.2, 0) is 9.53 Å². The third-order valence-corrected chi connectivity index (χ3v) is 4.97. The van der Waals surface area contributed by atoms with Gasteiger partial charge in [0.1, 0.15) is 0 Å². The second-order valence-corrected chi connectivity index (χ2v) is 10.6. The molecule has 1 N–H and O–H groups in total. The molecule has 2 rings (SSSR count). The Morgan fingerprint density at radius 3 is 2.03 bits per heavy atom. The summed E-state index contributed by atoms with van der Waals surface area (Å²) in [5, 5.41) is 13.7. The van der Waals surface area contributed by atoms with Gasteiger partial charge >= 0.3 is 5.97 Å². The van der Waals surface area contributed by atoms with Crippen molar-refractivity contribution in [2.75, 3.05) is 6.61 Å². The Morgan fingerprint density at radius 1 is 1.03 bits per heavy atom. The van der Waals surface area contributed by atoms with Crippen molar-refractivity contribution in [2.24, 2.45) is 10.8 Å². The number of ether oxygens (including phenoxy) is 1. The number of rotatable bonds is 5. The molecule has 0 aromatic heterocycles. The third-order valence-electron chi connectivity index (χ3n) is 4.97. The lowest BCUT2D eigenvalue weighted by molar-refractivity contribution is -0.138. The van der Waals surface area contributed by atoms with Crippen LogP contribution >= 0.6 is 0 Å². The molecule has 4 heteroatoms. The molecule has 1 unspecified atom stereocenters. The van der Waals surface area contributed by atoms with E-state index in [-0.39, 0.29) is 16.8 Å². The van der Waals surface area contributed by atoms with Crippen molar-refractivity contribution in [3.8, 4) is 6.07 Å². The molecule has 1 aliphatic heterocycles. The highest BCUT2D eigenvalue weighted by Crippen LogP contribution is 2.43. The van der Waals surface area contributed by atoms with Crippen molar-refractivity contribution in [3.63, 3.8) is 0 Å². The first-order valence-electron chi connectivity index (χ1n) is 10.7. The van der Waals surface area contributed by atoms with E-state index in [2.05, 4.69) is 52.9 Å². The molecule has 1 aromatic carbocycles. The fourth-order valence-electron chi connectivity index (χ4n) is 3.82. The molecule has 0 amide bonds. The minimum Gasteiger partial charge on any atom is -0.463 e. The topological polar surface area (TPSA) is 62.1 Å². The second kappa shape index (κ2) is 9.08. The Kier molecular flexibility index (Phi) is 7.18. The second-order valence-electron chi connectivity index (χ2n) is 10.6. The van der Waals surface area contributed by atoms with Crippen molar-refractivity contribution in [3.05, 3.63) is 57.9 Å². The molecule has 0 aliphatic carbocycles. The minimum atomic E-state index is -0.425. The molecule has 0 bridgehead atoms. The van der Waals surface area contributed by atoms with E-state index in [0.29, 0.717) is 24.2 Å². The van der Waals surface area contributed by atoms with Crippen LogP contribution in [0.1, 0.15) is 78.4 Å². The SMILES string of the molecule is CCOC(=O)C1=C(CC(C)(C)C)NC(CC(C)(C)C)=C(C#N)C1c1ccc(C)cc1. The average molecular weight is 409 g/mol. The summed E-state index contributed by atoms with van der Waals surface area (Å²) in [5.74, 6) is -0.775. The molecule has 0 fully saturated rings. The zero-order valence-corrected chi connectivity index (χ0v) is 19.8. The van der Waals surface area contributed by atoms with Gasteiger partial charge in [-0.25, -0.2) is 4.79 Å². The zero-order chi connectivity index (χ0) is 22.7. The van der Waals surface area contributed by atoms with E-state index in [1.165, 1.54) is 0 Å². The van der Waals surface area contributed by atoms with Crippen molar-refractivity contribution in [1.82, 2.24) is 5.32 Å². The van der Waals surface area contributed by atoms with E-state index in [0.717, 1.165) is 28.9 Å². The largest absolute Gasteiger partial charge is 0.463 e. The highest BCUT2D eigenvalue weighted by atomic mass is 16.5. The predicted octanol–water partition coefficient (Wildman–Crippen LogP) is 6.15. The quantitative estimate of drug-likeness (QED) is 0.594. The van der Waals surface area contributed by atoms with Gasteiger partial charge in [0.05, 0.1) is 29.7 Å². The number of esters is 1. The van der Waals surface area contributed by atoms with Gasteiger partial charge in [-0.3, -0.25) is 0 Å². The van der Waals surface area contributed by atoms with E-state index in [1.54, 1.807) is 0 Å². The van der Waals surface area contributed by atoms with Crippen LogP contribution in [0, 0.1) is 29.1 Å². The molecule has 4 nitrogen and oxygen atoms in total. The molecule has 162 valence electrons. The number of dihydropyridines is 1. The van der Waals surface area contributed by atoms with Gasteiger partial charge in [0, 0.05) is 11.4 Å². The molecule has 0 saturated carbocycles. The third kappa shape index (κ3) is 5.98. The van der Waals surface area contributed by atoms with Crippen LogP contribution in [-0.4, -0.2) is 12.6 Å². The lowest BCUT2D eigenvalue weighted by Crippen LogP contribution is -2.33. The summed E-state index contributed by atoms with van der Waals surface area (Å²) in [6.07, 6.45) is 1.41. The lowest BCUT2D eigenvalue weighted by Gasteiger charge is -2.35. The first-order valence-corrected chi connectivity index (χ1v) is 10.7. The van der Waals surface area contributed by atoms with Crippen LogP contribution in [0.5, 0.6) is 0 Å². The van der Waals surface area contributed by atoms with Gasteiger partial charge in [-0.05, 0) is 43.1 Å². The molecule has 1 aliphatic rings. The number of carbonyl (C=O) groups excluding carboxylic acids is 1. The van der Waals surface area contributed by atoms with Gasteiger partial charge in [-0.2, -0.15) is 5.26 Å². The molecule has 1 aromatic rings. The monoisotopic (exact) mass is 408 g/mol. The Hall–Kier alpha value is -2.54. The number of aryl methyl sites for hydroxylation is 1. The number of benzene rings is 1. The van der Waals surface area contributed by atoms with Gasteiger partial charge in [0.25, 0.3) is 0 Å². The molecule has 0 radical (unpaired) electrons. The Balaban J connectivity index is 2.77. The highest BCUT2D eigenvalue weighted by Gasteiger charge is 2.38. The van der Waals surface area contributed by atoms with Gasteiger partial charge in [-0.1, -0.05) is 71.4 Å². The molecule has 1 atom stereocenters. The number of hydrogen-bond donors (Lipinski definition) is 1. The Bertz CT molecular complexity index is 885. The highest BCUT2D eigenvalue weighted by molar-refractivity contribution is 5.93. The van der Waals surface area contributed by atoms with Gasteiger partial charge in [0.2, 0.25) is 0 Å². The van der Waals surface area contributed by atoms with Crippen LogP contribution in [0.3, 0.4) is 0 Å². The van der Waals surface area contributed by atoms with E-state index in [1.807, 2.05) is 38.1 Å². The molecule has 0 spiro atoms. The molecular formula is C26H36N2O2. The van der Waals surface area contributed by atoms with Crippen LogP contribution < -0.4 is 5.32 Å². The molecule has 1 heterocycles. The van der Waals surface area contributed by atoms with Crippen LogP contribution in [0.4, 0.5) is 0 Å². The van der Waals surface area contributed by atoms with Gasteiger partial charge in [0.15, 0.2) is 0 Å². The number of nitrogens with zero attached hydrogens (tertiary/aromatic N) is 1. The minimum absolute atomic E-state index is 0.00344. The smallest absolute Gasteiger partial charge is 0.336 e. The summed E-state index contributed by atoms with van der Waals surface area (Å²) in [6, 6.07) is 10.5. The van der Waals surface area contributed by atoms with E-state index >= 15 is 0 Å². The van der Waals surface area contributed by atoms with E-state index in [9.17, 15) is 10.1 Å². The maximum atomic E-state index is 13.1. The normalized spacial score (nSPS) is 17.5. The number of allylic oxidation sites excluding steroid dienone is 3. The number of hydrogen-bond acceptors (Lipinski definition) is 4. The molecule has 0 saturated heterocycles. The summed E-state index contributed by atoms with van der Waals surface area (Å²) in [7, 11) is 0. The van der Waals surface area contributed by atoms with Crippen molar-refractivity contribution in [2.45, 2.75) is 74.1 Å².